The summed E-state index contributed by atoms with van der Waals surface area (Å²) in [5.74, 6) is -0.284. The number of nitrogens with one attached hydrogen (secondary N) is 2. The molecule has 8 heteroatoms. The van der Waals surface area contributed by atoms with Crippen LogP contribution in [0.1, 0.15) is 36.0 Å². The molecule has 2 N–H and O–H groups in total. The van der Waals surface area contributed by atoms with Gasteiger partial charge in [-0.05, 0) is 50.1 Å². The fourth-order valence-electron chi connectivity index (χ4n) is 3.15. The topological polar surface area (TPSA) is 74.3 Å². The molecule has 6 nitrogen and oxygen atoms in total. The number of amides is 2. The largest absolute Gasteiger partial charge is 0.335 e. The Hall–Kier alpha value is -2.32. The summed E-state index contributed by atoms with van der Waals surface area (Å²) in [5.41, 5.74) is 0.561. The van der Waals surface area contributed by atoms with Crippen molar-refractivity contribution in [3.05, 3.63) is 47.2 Å². The van der Waals surface area contributed by atoms with Gasteiger partial charge in [-0.25, -0.2) is 14.2 Å². The van der Waals surface area contributed by atoms with E-state index in [1.54, 1.807) is 6.20 Å². The van der Waals surface area contributed by atoms with Crippen LogP contribution in [-0.2, 0) is 0 Å². The number of ketones is 1. The molecule has 0 unspecified atom stereocenters. The Morgan fingerprint density at radius 2 is 1.96 bits per heavy atom. The molecule has 2 aromatic rings. The number of anilines is 1. The molecule has 0 saturated carbocycles. The molecule has 1 aliphatic heterocycles. The third-order valence-corrected chi connectivity index (χ3v) is 5.31. The van der Waals surface area contributed by atoms with E-state index in [9.17, 15) is 14.0 Å². The Morgan fingerprint density at radius 3 is 2.63 bits per heavy atom. The van der Waals surface area contributed by atoms with Gasteiger partial charge in [0.2, 0.25) is 0 Å². The molecular formula is C19H23FN4O2S. The number of piperidine rings is 1. The molecule has 0 atom stereocenters. The first-order valence-electron chi connectivity index (χ1n) is 9.08. The van der Waals surface area contributed by atoms with Crippen LogP contribution in [-0.4, -0.2) is 47.4 Å². The van der Waals surface area contributed by atoms with Gasteiger partial charge in [-0.1, -0.05) is 0 Å². The minimum Gasteiger partial charge on any atom is -0.335 e. The van der Waals surface area contributed by atoms with E-state index in [1.807, 2.05) is 5.38 Å². The molecule has 0 aliphatic carbocycles. The molecule has 1 fully saturated rings. The second-order valence-electron chi connectivity index (χ2n) is 6.59. The number of urea groups is 1. The molecule has 0 spiro atoms. The van der Waals surface area contributed by atoms with E-state index in [0.717, 1.165) is 38.9 Å². The van der Waals surface area contributed by atoms with E-state index in [-0.39, 0.29) is 23.7 Å². The van der Waals surface area contributed by atoms with Crippen molar-refractivity contribution in [2.24, 2.45) is 0 Å². The maximum atomic E-state index is 12.9. The summed E-state index contributed by atoms with van der Waals surface area (Å²) < 4.78 is 12.9. The smallest absolute Gasteiger partial charge is 0.321 e. The highest BCUT2D eigenvalue weighted by molar-refractivity contribution is 7.13. The Labute approximate surface area is 161 Å². The van der Waals surface area contributed by atoms with Crippen molar-refractivity contribution in [1.29, 1.82) is 0 Å². The second-order valence-corrected chi connectivity index (χ2v) is 7.48. The lowest BCUT2D eigenvalue weighted by Gasteiger charge is -2.32. The van der Waals surface area contributed by atoms with Crippen LogP contribution < -0.4 is 10.6 Å². The number of aromatic nitrogens is 1. The van der Waals surface area contributed by atoms with Gasteiger partial charge in [0.15, 0.2) is 10.9 Å². The van der Waals surface area contributed by atoms with Gasteiger partial charge in [-0.15, -0.1) is 11.3 Å². The van der Waals surface area contributed by atoms with Crippen LogP contribution in [0.3, 0.4) is 0 Å². The highest BCUT2D eigenvalue weighted by atomic mass is 32.1. The number of hydrogen-bond acceptors (Lipinski definition) is 5. The fourth-order valence-corrected chi connectivity index (χ4v) is 3.67. The molecule has 1 aliphatic rings. The van der Waals surface area contributed by atoms with Crippen LogP contribution >= 0.6 is 11.3 Å². The lowest BCUT2D eigenvalue weighted by Crippen LogP contribution is -2.46. The van der Waals surface area contributed by atoms with Crippen molar-refractivity contribution >= 4 is 28.3 Å². The van der Waals surface area contributed by atoms with E-state index in [1.165, 1.54) is 35.6 Å². The summed E-state index contributed by atoms with van der Waals surface area (Å²) in [6.45, 7) is 2.64. The average molecular weight is 390 g/mol. The fraction of sp³-hybridized carbons (Fsp3) is 0.421. The molecule has 2 amide bonds. The van der Waals surface area contributed by atoms with Gasteiger partial charge >= 0.3 is 6.03 Å². The minimum absolute atomic E-state index is 0.0467. The highest BCUT2D eigenvalue weighted by Crippen LogP contribution is 2.14. The second kappa shape index (κ2) is 9.57. The Bertz CT molecular complexity index is 744. The maximum Gasteiger partial charge on any atom is 0.321 e. The number of carbonyl (C=O) groups excluding carboxylic acids is 2. The molecule has 1 aromatic heterocycles. The zero-order valence-corrected chi connectivity index (χ0v) is 15.8. The molecule has 3 rings (SSSR count). The quantitative estimate of drug-likeness (QED) is 0.710. The number of nitrogens with zero attached hydrogens (tertiary/aromatic N) is 2. The van der Waals surface area contributed by atoms with Crippen LogP contribution in [0.25, 0.3) is 0 Å². The van der Waals surface area contributed by atoms with Gasteiger partial charge in [-0.3, -0.25) is 10.1 Å². The van der Waals surface area contributed by atoms with Crippen molar-refractivity contribution < 1.29 is 14.0 Å². The molecule has 27 heavy (non-hydrogen) atoms. The van der Waals surface area contributed by atoms with Crippen LogP contribution in [0.2, 0.25) is 0 Å². The zero-order valence-electron chi connectivity index (χ0n) is 15.0. The number of carbonyl (C=O) groups is 2. The van der Waals surface area contributed by atoms with E-state index in [2.05, 4.69) is 20.5 Å². The zero-order chi connectivity index (χ0) is 19.1. The van der Waals surface area contributed by atoms with Gasteiger partial charge < -0.3 is 10.2 Å². The Kier molecular flexibility index (Phi) is 6.89. The summed E-state index contributed by atoms with van der Waals surface area (Å²) in [4.78, 5) is 30.4. The third kappa shape index (κ3) is 6.11. The summed E-state index contributed by atoms with van der Waals surface area (Å²) in [6.07, 6.45) is 4.66. The average Bonchev–Trinajstić information content (AvgIpc) is 3.16. The first-order chi connectivity index (χ1) is 13.1. The van der Waals surface area contributed by atoms with Crippen LogP contribution in [0.4, 0.5) is 14.3 Å². The summed E-state index contributed by atoms with van der Waals surface area (Å²) in [5, 5.41) is 8.12. The molecule has 1 saturated heterocycles. The predicted molar refractivity (Wildman–Crippen MR) is 104 cm³/mol. The number of hydrogen-bond donors (Lipinski definition) is 2. The SMILES string of the molecule is O=C(Nc1nccs1)NC1CCN(CCCC(=O)c2ccc(F)cc2)CC1. The first-order valence-corrected chi connectivity index (χ1v) is 9.96. The van der Waals surface area contributed by atoms with Crippen LogP contribution in [0.15, 0.2) is 35.8 Å². The predicted octanol–water partition coefficient (Wildman–Crippen LogP) is 3.53. The van der Waals surface area contributed by atoms with Crippen molar-refractivity contribution in [3.63, 3.8) is 0 Å². The lowest BCUT2D eigenvalue weighted by atomic mass is 10.0. The number of likely N-dealkylation sites (tertiary alicyclic amines) is 1. The van der Waals surface area contributed by atoms with Crippen molar-refractivity contribution in [2.45, 2.75) is 31.7 Å². The molecule has 2 heterocycles. The van der Waals surface area contributed by atoms with E-state index in [4.69, 9.17) is 0 Å². The number of benzene rings is 1. The molecular weight excluding hydrogens is 367 g/mol. The van der Waals surface area contributed by atoms with Gasteiger partial charge in [0, 0.05) is 42.7 Å². The van der Waals surface area contributed by atoms with Gasteiger partial charge in [0.1, 0.15) is 5.82 Å². The van der Waals surface area contributed by atoms with Crippen LogP contribution in [0, 0.1) is 5.82 Å². The molecule has 0 radical (unpaired) electrons. The molecule has 1 aromatic carbocycles. The summed E-state index contributed by atoms with van der Waals surface area (Å²) >= 11 is 1.39. The number of rotatable bonds is 7. The van der Waals surface area contributed by atoms with E-state index in [0.29, 0.717) is 17.1 Å². The third-order valence-electron chi connectivity index (χ3n) is 4.62. The standard InChI is InChI=1S/C19H23FN4O2S/c20-15-5-3-14(4-6-15)17(25)2-1-10-24-11-7-16(8-12-24)22-18(26)23-19-21-9-13-27-19/h3-6,9,13,16H,1-2,7-8,10-12H2,(H2,21,22,23,26). The first kappa shape index (κ1) is 19.4. The lowest BCUT2D eigenvalue weighted by molar-refractivity contribution is 0.0971. The Balaban J connectivity index is 1.31. The maximum absolute atomic E-state index is 12.9. The minimum atomic E-state index is -0.330. The number of thiazole rings is 1. The van der Waals surface area contributed by atoms with Gasteiger partial charge in [-0.2, -0.15) is 0 Å². The van der Waals surface area contributed by atoms with Crippen molar-refractivity contribution in [3.8, 4) is 0 Å². The number of Topliss-reactive ketones (excluding diaryl/α,β-unsaturated/α-hetero) is 1. The highest BCUT2D eigenvalue weighted by Gasteiger charge is 2.21. The molecule has 0 bridgehead atoms. The van der Waals surface area contributed by atoms with Crippen molar-refractivity contribution in [1.82, 2.24) is 15.2 Å². The normalized spacial score (nSPS) is 15.4. The van der Waals surface area contributed by atoms with Gasteiger partial charge in [0.25, 0.3) is 0 Å². The van der Waals surface area contributed by atoms with E-state index >= 15 is 0 Å². The Morgan fingerprint density at radius 1 is 1.22 bits per heavy atom. The molecule has 144 valence electrons. The number of halogens is 1. The monoisotopic (exact) mass is 390 g/mol. The van der Waals surface area contributed by atoms with E-state index < -0.39 is 0 Å². The van der Waals surface area contributed by atoms with Crippen LogP contribution in [0.5, 0.6) is 0 Å². The summed E-state index contributed by atoms with van der Waals surface area (Å²) in [6, 6.07) is 5.64. The van der Waals surface area contributed by atoms with Crippen molar-refractivity contribution in [2.75, 3.05) is 25.0 Å². The van der Waals surface area contributed by atoms with Gasteiger partial charge in [0.05, 0.1) is 0 Å². The summed E-state index contributed by atoms with van der Waals surface area (Å²) in [7, 11) is 0.